The number of nitrogens with one attached hydrogen (secondary N) is 3. The zero-order chi connectivity index (χ0) is 22.3. The van der Waals surface area contributed by atoms with Crippen LogP contribution in [0.2, 0.25) is 0 Å². The molecule has 0 bridgehead atoms. The molecule has 1 aromatic carbocycles. The minimum Gasteiger partial charge on any atom is -0.490 e. The Labute approximate surface area is 206 Å². The fourth-order valence-corrected chi connectivity index (χ4v) is 3.36. The van der Waals surface area contributed by atoms with Gasteiger partial charge in [0.25, 0.3) is 0 Å². The van der Waals surface area contributed by atoms with E-state index in [0.717, 1.165) is 38.0 Å². The molecular weight excluding hydrogens is 525 g/mol. The summed E-state index contributed by atoms with van der Waals surface area (Å²) in [5.41, 5.74) is 0.383. The predicted octanol–water partition coefficient (Wildman–Crippen LogP) is 2.36. The van der Waals surface area contributed by atoms with Gasteiger partial charge in [0, 0.05) is 36.8 Å². The van der Waals surface area contributed by atoms with Gasteiger partial charge in [-0.1, -0.05) is 0 Å². The average Bonchev–Trinajstić information content (AvgIpc) is 3.14. The Morgan fingerprint density at radius 2 is 1.75 bits per heavy atom. The Bertz CT molecular complexity index is 819. The number of hydrogen-bond donors (Lipinski definition) is 3. The van der Waals surface area contributed by atoms with E-state index in [2.05, 4.69) is 20.9 Å². The van der Waals surface area contributed by atoms with Crippen molar-refractivity contribution in [2.45, 2.75) is 45.6 Å². The lowest BCUT2D eigenvalue weighted by atomic mass is 10.1. The fourth-order valence-electron chi connectivity index (χ4n) is 3.36. The van der Waals surface area contributed by atoms with Crippen LogP contribution in [0.5, 0.6) is 11.5 Å². The molecule has 2 aliphatic heterocycles. The van der Waals surface area contributed by atoms with Crippen molar-refractivity contribution >= 4 is 47.4 Å². The Balaban J connectivity index is 0.00000363. The molecule has 2 aliphatic rings. The van der Waals surface area contributed by atoms with Crippen LogP contribution in [0.15, 0.2) is 23.2 Å². The lowest BCUT2D eigenvalue weighted by molar-refractivity contribution is -0.128. The Morgan fingerprint density at radius 1 is 1.06 bits per heavy atom. The Hall–Kier alpha value is -2.24. The summed E-state index contributed by atoms with van der Waals surface area (Å²) >= 11 is 0. The number of aliphatic imine (C=N–C) groups is 1. The van der Waals surface area contributed by atoms with Gasteiger partial charge in [-0.05, 0) is 45.7 Å². The molecule has 2 amide bonds. The highest BCUT2D eigenvalue weighted by atomic mass is 127. The molecule has 0 saturated carbocycles. The zero-order valence-corrected chi connectivity index (χ0v) is 21.4. The third kappa shape index (κ3) is 8.36. The summed E-state index contributed by atoms with van der Waals surface area (Å²) in [7, 11) is 0. The molecule has 1 fully saturated rings. The van der Waals surface area contributed by atoms with Crippen LogP contribution in [0.3, 0.4) is 0 Å². The third-order valence-corrected chi connectivity index (χ3v) is 4.77. The lowest BCUT2D eigenvalue weighted by Gasteiger charge is -2.20. The number of hydrogen-bond acceptors (Lipinski definition) is 5. The van der Waals surface area contributed by atoms with E-state index in [-0.39, 0.29) is 54.4 Å². The molecule has 0 radical (unpaired) electrons. The van der Waals surface area contributed by atoms with E-state index in [1.165, 1.54) is 0 Å². The number of anilines is 1. The van der Waals surface area contributed by atoms with E-state index in [9.17, 15) is 9.59 Å². The van der Waals surface area contributed by atoms with Crippen molar-refractivity contribution in [3.63, 3.8) is 0 Å². The van der Waals surface area contributed by atoms with Gasteiger partial charge in [-0.3, -0.25) is 9.59 Å². The normalized spacial score (nSPS) is 16.0. The standard InChI is InChI=1S/C22H33N5O4.HI/c1-22(2,3)26-19(28)14-23-21(24-15-20(29)27-9-4-5-10-27)25-16-7-8-17-18(13-16)31-12-6-11-30-17;/h7-8,13H,4-6,9-12,14-15H2,1-3H3,(H,26,28)(H2,23,24,25);1H. The predicted molar refractivity (Wildman–Crippen MR) is 135 cm³/mol. The molecule has 0 spiro atoms. The van der Waals surface area contributed by atoms with Crippen LogP contribution in [0.4, 0.5) is 5.69 Å². The first-order valence-electron chi connectivity index (χ1n) is 10.8. The number of rotatable bonds is 5. The van der Waals surface area contributed by atoms with Gasteiger partial charge in [-0.2, -0.15) is 0 Å². The second kappa shape index (κ2) is 12.1. The summed E-state index contributed by atoms with van der Waals surface area (Å²) in [5.74, 6) is 1.53. The lowest BCUT2D eigenvalue weighted by Crippen LogP contribution is -2.43. The largest absolute Gasteiger partial charge is 0.490 e. The highest BCUT2D eigenvalue weighted by Crippen LogP contribution is 2.32. The molecule has 0 unspecified atom stereocenters. The van der Waals surface area contributed by atoms with E-state index < -0.39 is 0 Å². The van der Waals surface area contributed by atoms with Crippen LogP contribution < -0.4 is 25.4 Å². The smallest absolute Gasteiger partial charge is 0.242 e. The summed E-state index contributed by atoms with van der Waals surface area (Å²) in [4.78, 5) is 30.8. The zero-order valence-electron chi connectivity index (χ0n) is 19.0. The van der Waals surface area contributed by atoms with E-state index in [1.807, 2.05) is 43.9 Å². The molecular formula is C22H34IN5O4. The molecule has 178 valence electrons. The van der Waals surface area contributed by atoms with E-state index >= 15 is 0 Å². The molecule has 3 N–H and O–H groups in total. The van der Waals surface area contributed by atoms with Gasteiger partial charge in [-0.15, -0.1) is 24.0 Å². The van der Waals surface area contributed by atoms with Gasteiger partial charge in [0.2, 0.25) is 11.8 Å². The van der Waals surface area contributed by atoms with E-state index in [1.54, 1.807) is 0 Å². The highest BCUT2D eigenvalue weighted by molar-refractivity contribution is 14.0. The summed E-state index contributed by atoms with van der Waals surface area (Å²) in [6.45, 7) is 8.58. The van der Waals surface area contributed by atoms with Crippen molar-refractivity contribution in [2.75, 3.05) is 44.7 Å². The van der Waals surface area contributed by atoms with Crippen LogP contribution in [-0.4, -0.2) is 67.6 Å². The number of amides is 2. The molecule has 9 nitrogen and oxygen atoms in total. The number of carbonyl (C=O) groups is 2. The molecule has 32 heavy (non-hydrogen) atoms. The molecule has 1 saturated heterocycles. The fraction of sp³-hybridized carbons (Fsp3) is 0.591. The van der Waals surface area contributed by atoms with Crippen LogP contribution in [0.1, 0.15) is 40.0 Å². The summed E-state index contributed by atoms with van der Waals surface area (Å²) in [5, 5.41) is 9.10. The summed E-state index contributed by atoms with van der Waals surface area (Å²) in [6.07, 6.45) is 2.90. The number of guanidine groups is 1. The number of ether oxygens (including phenoxy) is 2. The number of carbonyl (C=O) groups excluding carboxylic acids is 2. The van der Waals surface area contributed by atoms with Gasteiger partial charge in [0.1, 0.15) is 6.54 Å². The molecule has 10 heteroatoms. The monoisotopic (exact) mass is 559 g/mol. The minimum absolute atomic E-state index is 0. The third-order valence-electron chi connectivity index (χ3n) is 4.77. The molecule has 0 atom stereocenters. The van der Waals surface area contributed by atoms with Gasteiger partial charge >= 0.3 is 0 Å². The number of nitrogens with zero attached hydrogens (tertiary/aromatic N) is 2. The van der Waals surface area contributed by atoms with E-state index in [4.69, 9.17) is 9.47 Å². The van der Waals surface area contributed by atoms with Crippen LogP contribution in [-0.2, 0) is 9.59 Å². The SMILES string of the molecule is CC(C)(C)NC(=O)CN=C(NCC(=O)N1CCCC1)Nc1ccc2c(c1)OCCCO2.I. The Kier molecular flexibility index (Phi) is 9.85. The van der Waals surface area contributed by atoms with Crippen molar-refractivity contribution in [3.05, 3.63) is 18.2 Å². The first-order chi connectivity index (χ1) is 14.8. The van der Waals surface area contributed by atoms with Crippen LogP contribution >= 0.6 is 24.0 Å². The highest BCUT2D eigenvalue weighted by Gasteiger charge is 2.19. The quantitative estimate of drug-likeness (QED) is 0.291. The molecule has 2 heterocycles. The summed E-state index contributed by atoms with van der Waals surface area (Å²) in [6, 6.07) is 5.51. The minimum atomic E-state index is -0.340. The second-order valence-electron chi connectivity index (χ2n) is 8.74. The van der Waals surface area contributed by atoms with Crippen molar-refractivity contribution < 1.29 is 19.1 Å². The molecule has 3 rings (SSSR count). The van der Waals surface area contributed by atoms with Crippen molar-refractivity contribution in [1.29, 1.82) is 0 Å². The molecule has 0 aromatic heterocycles. The van der Waals surface area contributed by atoms with Crippen molar-refractivity contribution in [2.24, 2.45) is 4.99 Å². The van der Waals surface area contributed by atoms with Gasteiger partial charge in [0.15, 0.2) is 17.5 Å². The molecule has 0 aliphatic carbocycles. The van der Waals surface area contributed by atoms with Crippen LogP contribution in [0, 0.1) is 0 Å². The van der Waals surface area contributed by atoms with E-state index in [0.29, 0.717) is 30.7 Å². The topological polar surface area (TPSA) is 104 Å². The number of halogens is 1. The first kappa shape index (κ1) is 26.0. The van der Waals surface area contributed by atoms with Gasteiger partial charge in [0.05, 0.1) is 19.8 Å². The number of fused-ring (bicyclic) bond motifs is 1. The maximum atomic E-state index is 12.4. The summed E-state index contributed by atoms with van der Waals surface area (Å²) < 4.78 is 11.4. The average molecular weight is 559 g/mol. The molecule has 1 aromatic rings. The maximum Gasteiger partial charge on any atom is 0.242 e. The first-order valence-corrected chi connectivity index (χ1v) is 10.8. The second-order valence-corrected chi connectivity index (χ2v) is 8.74. The maximum absolute atomic E-state index is 12.4. The number of benzene rings is 1. The van der Waals surface area contributed by atoms with Crippen molar-refractivity contribution in [1.82, 2.24) is 15.5 Å². The van der Waals surface area contributed by atoms with Crippen molar-refractivity contribution in [3.8, 4) is 11.5 Å². The van der Waals surface area contributed by atoms with Gasteiger partial charge in [-0.25, -0.2) is 4.99 Å². The number of likely N-dealkylation sites (tertiary alicyclic amines) is 1. The van der Waals surface area contributed by atoms with Gasteiger partial charge < -0.3 is 30.3 Å². The van der Waals surface area contributed by atoms with Crippen LogP contribution in [0.25, 0.3) is 0 Å². The Morgan fingerprint density at radius 3 is 2.44 bits per heavy atom.